The lowest BCUT2D eigenvalue weighted by Crippen LogP contribution is -1.95. The molecule has 13 heavy (non-hydrogen) atoms. The summed E-state index contributed by atoms with van der Waals surface area (Å²) < 4.78 is 5.41. The number of nitrogens with one attached hydrogen (secondary N) is 1. The van der Waals surface area contributed by atoms with Gasteiger partial charge in [0.25, 0.3) is 0 Å². The number of ether oxygens (including phenoxy) is 1. The highest BCUT2D eigenvalue weighted by Crippen LogP contribution is 2.35. The lowest BCUT2D eigenvalue weighted by molar-refractivity contribution is -0.105. The number of carbonyl (C=O) groups is 1. The van der Waals surface area contributed by atoms with E-state index in [-0.39, 0.29) is 5.75 Å². The van der Waals surface area contributed by atoms with Crippen molar-refractivity contribution in [3.05, 3.63) is 16.6 Å². The van der Waals surface area contributed by atoms with E-state index in [1.165, 1.54) is 13.2 Å². The van der Waals surface area contributed by atoms with E-state index in [4.69, 9.17) is 4.74 Å². The van der Waals surface area contributed by atoms with Gasteiger partial charge in [-0.15, -0.1) is 0 Å². The number of rotatable bonds is 3. The van der Waals surface area contributed by atoms with Gasteiger partial charge in [0.2, 0.25) is 6.41 Å². The van der Waals surface area contributed by atoms with Crippen LogP contribution in [0.3, 0.4) is 0 Å². The third-order valence-electron chi connectivity index (χ3n) is 1.49. The molecule has 1 rings (SSSR count). The standard InChI is InChI=1S/C8H8BrNO3/c1-13-5-2-6(9)8(12)7(3-5)10-4-11/h2-4,12H,1H3,(H,10,11). The zero-order chi connectivity index (χ0) is 9.84. The lowest BCUT2D eigenvalue weighted by atomic mass is 10.3. The van der Waals surface area contributed by atoms with Crippen molar-refractivity contribution >= 4 is 28.0 Å². The Balaban J connectivity index is 3.15. The summed E-state index contributed by atoms with van der Waals surface area (Å²) in [5, 5.41) is 11.8. The number of amides is 1. The van der Waals surface area contributed by atoms with Gasteiger partial charge < -0.3 is 15.2 Å². The molecule has 0 saturated heterocycles. The highest BCUT2D eigenvalue weighted by molar-refractivity contribution is 9.10. The van der Waals surface area contributed by atoms with Crippen LogP contribution in [-0.2, 0) is 4.79 Å². The molecule has 5 heteroatoms. The zero-order valence-electron chi connectivity index (χ0n) is 6.87. The van der Waals surface area contributed by atoms with Gasteiger partial charge in [-0.1, -0.05) is 0 Å². The first-order valence-electron chi connectivity index (χ1n) is 3.45. The molecule has 0 spiro atoms. The minimum absolute atomic E-state index is 0.0205. The minimum Gasteiger partial charge on any atom is -0.505 e. The maximum Gasteiger partial charge on any atom is 0.211 e. The fourth-order valence-electron chi connectivity index (χ4n) is 0.866. The van der Waals surface area contributed by atoms with Crippen LogP contribution in [0.5, 0.6) is 11.5 Å². The van der Waals surface area contributed by atoms with Crippen LogP contribution >= 0.6 is 15.9 Å². The van der Waals surface area contributed by atoms with Gasteiger partial charge in [0, 0.05) is 6.07 Å². The summed E-state index contributed by atoms with van der Waals surface area (Å²) in [4.78, 5) is 10.2. The smallest absolute Gasteiger partial charge is 0.211 e. The van der Waals surface area contributed by atoms with Gasteiger partial charge in [0.15, 0.2) is 5.75 Å². The zero-order valence-corrected chi connectivity index (χ0v) is 8.46. The van der Waals surface area contributed by atoms with Crippen LogP contribution in [0.2, 0.25) is 0 Å². The van der Waals surface area contributed by atoms with Crippen molar-refractivity contribution in [3.63, 3.8) is 0 Å². The number of phenolic OH excluding ortho intramolecular Hbond substituents is 1. The van der Waals surface area contributed by atoms with E-state index in [9.17, 15) is 9.90 Å². The van der Waals surface area contributed by atoms with Gasteiger partial charge in [0.1, 0.15) is 5.75 Å². The molecule has 0 aliphatic carbocycles. The summed E-state index contributed by atoms with van der Waals surface area (Å²) in [5.74, 6) is 0.530. The van der Waals surface area contributed by atoms with Crippen molar-refractivity contribution in [2.45, 2.75) is 0 Å². The maximum absolute atomic E-state index is 10.2. The number of carbonyl (C=O) groups excluding carboxylic acids is 1. The number of hydrogen-bond donors (Lipinski definition) is 2. The molecule has 0 unspecified atom stereocenters. The van der Waals surface area contributed by atoms with Gasteiger partial charge in [-0.05, 0) is 22.0 Å². The van der Waals surface area contributed by atoms with Gasteiger partial charge in [-0.2, -0.15) is 0 Å². The van der Waals surface area contributed by atoms with Crippen molar-refractivity contribution in [2.75, 3.05) is 12.4 Å². The van der Waals surface area contributed by atoms with E-state index in [0.29, 0.717) is 22.3 Å². The molecular formula is C8H8BrNO3. The number of benzene rings is 1. The van der Waals surface area contributed by atoms with Crippen LogP contribution in [0.15, 0.2) is 16.6 Å². The second kappa shape index (κ2) is 4.13. The van der Waals surface area contributed by atoms with Crippen molar-refractivity contribution in [1.82, 2.24) is 0 Å². The molecule has 0 radical (unpaired) electrons. The molecule has 0 fully saturated rings. The molecule has 0 aliphatic rings. The predicted molar refractivity (Wildman–Crippen MR) is 52.0 cm³/mol. The van der Waals surface area contributed by atoms with Gasteiger partial charge >= 0.3 is 0 Å². The van der Waals surface area contributed by atoms with E-state index >= 15 is 0 Å². The summed E-state index contributed by atoms with van der Waals surface area (Å²) >= 11 is 3.12. The van der Waals surface area contributed by atoms with Crippen molar-refractivity contribution < 1.29 is 14.6 Å². The topological polar surface area (TPSA) is 58.6 Å². The number of methoxy groups -OCH3 is 1. The Morgan fingerprint density at radius 2 is 2.31 bits per heavy atom. The van der Waals surface area contributed by atoms with Crippen LogP contribution in [0.25, 0.3) is 0 Å². The maximum atomic E-state index is 10.2. The van der Waals surface area contributed by atoms with Crippen LogP contribution in [0.4, 0.5) is 5.69 Å². The van der Waals surface area contributed by atoms with E-state index in [0.717, 1.165) is 0 Å². The molecule has 1 aromatic carbocycles. The van der Waals surface area contributed by atoms with E-state index in [2.05, 4.69) is 21.2 Å². The molecule has 4 nitrogen and oxygen atoms in total. The van der Waals surface area contributed by atoms with Crippen LogP contribution in [0, 0.1) is 0 Å². The molecule has 70 valence electrons. The molecule has 2 N–H and O–H groups in total. The minimum atomic E-state index is -0.0205. The highest BCUT2D eigenvalue weighted by atomic mass is 79.9. The summed E-state index contributed by atoms with van der Waals surface area (Å²) in [7, 11) is 1.50. The first-order chi connectivity index (χ1) is 6.19. The van der Waals surface area contributed by atoms with E-state index < -0.39 is 0 Å². The molecule has 0 heterocycles. The average molecular weight is 246 g/mol. The molecule has 0 atom stereocenters. The second-order valence-electron chi connectivity index (χ2n) is 2.27. The van der Waals surface area contributed by atoms with Crippen LogP contribution in [0.1, 0.15) is 0 Å². The van der Waals surface area contributed by atoms with E-state index in [1.54, 1.807) is 6.07 Å². The number of halogens is 1. The SMILES string of the molecule is COc1cc(Br)c(O)c(NC=O)c1. The molecular weight excluding hydrogens is 238 g/mol. The number of hydrogen-bond acceptors (Lipinski definition) is 3. The number of anilines is 1. The van der Waals surface area contributed by atoms with Gasteiger partial charge in [-0.25, -0.2) is 0 Å². The van der Waals surface area contributed by atoms with Crippen molar-refractivity contribution in [2.24, 2.45) is 0 Å². The normalized spacial score (nSPS) is 9.38. The van der Waals surface area contributed by atoms with Crippen molar-refractivity contribution in [3.8, 4) is 11.5 Å². The molecule has 0 aromatic heterocycles. The molecule has 0 aliphatic heterocycles. The third kappa shape index (κ3) is 2.12. The van der Waals surface area contributed by atoms with Crippen LogP contribution < -0.4 is 10.1 Å². The monoisotopic (exact) mass is 245 g/mol. The highest BCUT2D eigenvalue weighted by Gasteiger charge is 2.07. The fraction of sp³-hybridized carbons (Fsp3) is 0.125. The molecule has 1 amide bonds. The van der Waals surface area contributed by atoms with Gasteiger partial charge in [-0.3, -0.25) is 4.79 Å². The number of phenols is 1. The Morgan fingerprint density at radius 1 is 1.62 bits per heavy atom. The predicted octanol–water partition coefficient (Wildman–Crippen LogP) is 1.73. The summed E-state index contributed by atoms with van der Waals surface area (Å²) in [6.45, 7) is 0. The largest absolute Gasteiger partial charge is 0.505 e. The first kappa shape index (κ1) is 9.85. The lowest BCUT2D eigenvalue weighted by Gasteiger charge is -2.07. The Kier molecular flexibility index (Phi) is 3.13. The Bertz CT molecular complexity index is 327. The molecule has 0 bridgehead atoms. The average Bonchev–Trinajstić information content (AvgIpc) is 2.13. The van der Waals surface area contributed by atoms with Gasteiger partial charge in [0.05, 0.1) is 17.3 Å². The van der Waals surface area contributed by atoms with Crippen LogP contribution in [-0.4, -0.2) is 18.6 Å². The summed E-state index contributed by atoms with van der Waals surface area (Å²) in [6, 6.07) is 3.12. The van der Waals surface area contributed by atoms with Crippen molar-refractivity contribution in [1.29, 1.82) is 0 Å². The quantitative estimate of drug-likeness (QED) is 0.630. The Labute approximate surface area is 83.6 Å². The fourth-order valence-corrected chi connectivity index (χ4v) is 1.30. The number of aromatic hydroxyl groups is 1. The Hall–Kier alpha value is -1.23. The molecule has 0 saturated carbocycles. The second-order valence-corrected chi connectivity index (χ2v) is 3.12. The Morgan fingerprint density at radius 3 is 2.85 bits per heavy atom. The van der Waals surface area contributed by atoms with E-state index in [1.807, 2.05) is 0 Å². The molecule has 1 aromatic rings. The third-order valence-corrected chi connectivity index (χ3v) is 2.09. The summed E-state index contributed by atoms with van der Waals surface area (Å²) in [5.41, 5.74) is 0.307. The summed E-state index contributed by atoms with van der Waals surface area (Å²) in [6.07, 6.45) is 0.487. The first-order valence-corrected chi connectivity index (χ1v) is 4.25.